The van der Waals surface area contributed by atoms with Crippen LogP contribution in [-0.4, -0.2) is 22.8 Å². The van der Waals surface area contributed by atoms with Gasteiger partial charge in [-0.2, -0.15) is 0 Å². The van der Waals surface area contributed by atoms with Crippen LogP contribution >= 0.6 is 0 Å². The topological polar surface area (TPSA) is 85.2 Å². The van der Waals surface area contributed by atoms with Crippen LogP contribution in [0.15, 0.2) is 35.0 Å². The van der Waals surface area contributed by atoms with Gasteiger partial charge in [-0.15, -0.1) is 0 Å². The Balaban J connectivity index is 2.32. The van der Waals surface area contributed by atoms with E-state index in [0.717, 1.165) is 5.69 Å². The molecule has 88 valence electrons. The lowest BCUT2D eigenvalue weighted by molar-refractivity contribution is 0.0979. The highest BCUT2D eigenvalue weighted by atomic mass is 16.6. The van der Waals surface area contributed by atoms with Crippen LogP contribution in [0.25, 0.3) is 0 Å². The maximum Gasteiger partial charge on any atom is 0.284 e. The number of nitrogen functional groups attached to an aromatic ring is 1. The van der Waals surface area contributed by atoms with Crippen molar-refractivity contribution in [1.82, 2.24) is 10.3 Å². The van der Waals surface area contributed by atoms with Crippen molar-refractivity contribution in [2.24, 2.45) is 0 Å². The summed E-state index contributed by atoms with van der Waals surface area (Å²) in [5.41, 5.74) is 6.31. The molecule has 6 heteroatoms. The maximum absolute atomic E-state index is 12.1. The lowest BCUT2D eigenvalue weighted by atomic mass is 10.2. The number of benzene rings is 1. The summed E-state index contributed by atoms with van der Waals surface area (Å²) in [6.07, 6.45) is 0. The Morgan fingerprint density at radius 1 is 1.35 bits per heavy atom. The highest BCUT2D eigenvalue weighted by molar-refractivity contribution is 6.07. The average molecular weight is 232 g/mol. The summed E-state index contributed by atoms with van der Waals surface area (Å²) in [5.74, 6) is -0.318. The summed E-state index contributed by atoms with van der Waals surface area (Å²) in [7, 11) is 0. The number of rotatable bonds is 3. The number of para-hydroxylation sites is 1. The van der Waals surface area contributed by atoms with Crippen LogP contribution in [0.3, 0.4) is 0 Å². The van der Waals surface area contributed by atoms with E-state index in [1.807, 2.05) is 37.3 Å². The van der Waals surface area contributed by atoms with Crippen LogP contribution in [0.2, 0.25) is 0 Å². The van der Waals surface area contributed by atoms with E-state index in [-0.39, 0.29) is 17.4 Å². The third-order valence-electron chi connectivity index (χ3n) is 2.35. The zero-order chi connectivity index (χ0) is 12.3. The molecule has 1 aromatic heterocycles. The molecule has 0 atom stereocenters. The molecule has 0 fully saturated rings. The van der Waals surface area contributed by atoms with Gasteiger partial charge in [0.2, 0.25) is 11.5 Å². The Hall–Kier alpha value is -2.37. The minimum atomic E-state index is -0.322. The molecule has 0 aliphatic rings. The Morgan fingerprint density at radius 3 is 2.59 bits per heavy atom. The molecule has 1 heterocycles. The molecule has 6 nitrogen and oxygen atoms in total. The van der Waals surface area contributed by atoms with Gasteiger partial charge in [-0.25, -0.2) is 4.63 Å². The first-order chi connectivity index (χ1) is 8.24. The largest absolute Gasteiger partial charge is 0.379 e. The molecule has 0 saturated heterocycles. The fourth-order valence-corrected chi connectivity index (χ4v) is 1.52. The second kappa shape index (κ2) is 4.65. The second-order valence-corrected chi connectivity index (χ2v) is 3.38. The molecule has 1 amide bonds. The first kappa shape index (κ1) is 11.1. The van der Waals surface area contributed by atoms with Gasteiger partial charge in [0.25, 0.3) is 5.91 Å². The molecule has 0 aliphatic heterocycles. The van der Waals surface area contributed by atoms with Gasteiger partial charge in [0.1, 0.15) is 0 Å². The first-order valence-electron chi connectivity index (χ1n) is 5.19. The fraction of sp³-hybridized carbons (Fsp3) is 0.182. The van der Waals surface area contributed by atoms with Crippen LogP contribution in [-0.2, 0) is 0 Å². The van der Waals surface area contributed by atoms with Crippen LogP contribution in [0, 0.1) is 0 Å². The van der Waals surface area contributed by atoms with Gasteiger partial charge < -0.3 is 10.6 Å². The lowest BCUT2D eigenvalue weighted by Crippen LogP contribution is -2.31. The molecule has 2 rings (SSSR count). The summed E-state index contributed by atoms with van der Waals surface area (Å²) >= 11 is 0. The molecule has 0 unspecified atom stereocenters. The number of amides is 1. The fourth-order valence-electron chi connectivity index (χ4n) is 1.52. The molecular weight excluding hydrogens is 220 g/mol. The van der Waals surface area contributed by atoms with Crippen LogP contribution in [0.1, 0.15) is 17.4 Å². The van der Waals surface area contributed by atoms with Crippen LogP contribution in [0.5, 0.6) is 0 Å². The number of nitrogens with two attached hydrogens (primary N) is 1. The average Bonchev–Trinajstić information content (AvgIpc) is 2.77. The van der Waals surface area contributed by atoms with E-state index in [0.29, 0.717) is 6.54 Å². The quantitative estimate of drug-likeness (QED) is 0.862. The predicted molar refractivity (Wildman–Crippen MR) is 62.5 cm³/mol. The molecule has 0 saturated carbocycles. The monoisotopic (exact) mass is 232 g/mol. The minimum absolute atomic E-state index is 0.00406. The van der Waals surface area contributed by atoms with Crippen molar-refractivity contribution in [2.45, 2.75) is 6.92 Å². The number of carbonyl (C=O) groups is 1. The molecular formula is C11H12N4O2. The van der Waals surface area contributed by atoms with E-state index in [1.54, 1.807) is 4.90 Å². The third-order valence-corrected chi connectivity index (χ3v) is 2.35. The van der Waals surface area contributed by atoms with E-state index in [4.69, 9.17) is 5.73 Å². The number of carbonyl (C=O) groups excluding carboxylic acids is 1. The summed E-state index contributed by atoms with van der Waals surface area (Å²) < 4.78 is 4.42. The second-order valence-electron chi connectivity index (χ2n) is 3.38. The number of anilines is 2. The molecule has 0 spiro atoms. The summed E-state index contributed by atoms with van der Waals surface area (Å²) in [5, 5.41) is 6.90. The zero-order valence-corrected chi connectivity index (χ0v) is 9.33. The Labute approximate surface area is 98.0 Å². The highest BCUT2D eigenvalue weighted by Gasteiger charge is 2.22. The SMILES string of the molecule is CCN(C(=O)c1nonc1N)c1ccccc1. The Kier molecular flexibility index (Phi) is 3.04. The van der Waals surface area contributed by atoms with Gasteiger partial charge in [-0.1, -0.05) is 18.2 Å². The zero-order valence-electron chi connectivity index (χ0n) is 9.33. The third kappa shape index (κ3) is 2.10. The molecule has 2 aromatic rings. The number of aromatic nitrogens is 2. The van der Waals surface area contributed by atoms with Crippen molar-refractivity contribution < 1.29 is 9.42 Å². The van der Waals surface area contributed by atoms with Crippen molar-refractivity contribution in [3.63, 3.8) is 0 Å². The molecule has 0 bridgehead atoms. The van der Waals surface area contributed by atoms with E-state index in [9.17, 15) is 4.79 Å². The standard InChI is InChI=1S/C11H12N4O2/c1-2-15(8-6-4-3-5-7-8)11(16)9-10(12)14-17-13-9/h3-7H,2H2,1H3,(H2,12,14). The van der Waals surface area contributed by atoms with E-state index in [1.165, 1.54) is 0 Å². The molecule has 17 heavy (non-hydrogen) atoms. The highest BCUT2D eigenvalue weighted by Crippen LogP contribution is 2.17. The first-order valence-corrected chi connectivity index (χ1v) is 5.19. The van der Waals surface area contributed by atoms with Crippen molar-refractivity contribution >= 4 is 17.4 Å². The summed E-state index contributed by atoms with van der Waals surface area (Å²) in [6, 6.07) is 9.27. The maximum atomic E-state index is 12.1. The van der Waals surface area contributed by atoms with E-state index in [2.05, 4.69) is 14.9 Å². The number of nitrogens with zero attached hydrogens (tertiary/aromatic N) is 3. The van der Waals surface area contributed by atoms with Gasteiger partial charge in [-0.05, 0) is 29.4 Å². The van der Waals surface area contributed by atoms with Gasteiger partial charge in [0, 0.05) is 12.2 Å². The molecule has 0 aliphatic carbocycles. The van der Waals surface area contributed by atoms with Gasteiger partial charge >= 0.3 is 0 Å². The number of hydrogen-bond donors (Lipinski definition) is 1. The molecule has 1 aromatic carbocycles. The van der Waals surface area contributed by atoms with E-state index >= 15 is 0 Å². The minimum Gasteiger partial charge on any atom is -0.379 e. The summed E-state index contributed by atoms with van der Waals surface area (Å²) in [6.45, 7) is 2.38. The molecule has 2 N–H and O–H groups in total. The van der Waals surface area contributed by atoms with Gasteiger partial charge in [0.05, 0.1) is 0 Å². The van der Waals surface area contributed by atoms with Crippen molar-refractivity contribution in [1.29, 1.82) is 0 Å². The van der Waals surface area contributed by atoms with Crippen molar-refractivity contribution in [3.05, 3.63) is 36.0 Å². The van der Waals surface area contributed by atoms with Crippen molar-refractivity contribution in [3.8, 4) is 0 Å². The molecule has 0 radical (unpaired) electrons. The van der Waals surface area contributed by atoms with Crippen LogP contribution in [0.4, 0.5) is 11.5 Å². The smallest absolute Gasteiger partial charge is 0.284 e. The van der Waals surface area contributed by atoms with Crippen molar-refractivity contribution in [2.75, 3.05) is 17.2 Å². The van der Waals surface area contributed by atoms with E-state index < -0.39 is 0 Å². The predicted octanol–water partition coefficient (Wildman–Crippen LogP) is 1.32. The Bertz CT molecular complexity index is 509. The summed E-state index contributed by atoms with van der Waals surface area (Å²) in [4.78, 5) is 13.7. The van der Waals surface area contributed by atoms with Gasteiger partial charge in [0.15, 0.2) is 0 Å². The Morgan fingerprint density at radius 2 is 2.06 bits per heavy atom. The number of hydrogen-bond acceptors (Lipinski definition) is 5. The van der Waals surface area contributed by atoms with Crippen LogP contribution < -0.4 is 10.6 Å². The van der Waals surface area contributed by atoms with Gasteiger partial charge in [-0.3, -0.25) is 4.79 Å². The normalized spacial score (nSPS) is 10.2. The lowest BCUT2D eigenvalue weighted by Gasteiger charge is -2.19.